The fraction of sp³-hybridized carbons (Fsp3) is 0.421. The van der Waals surface area contributed by atoms with Crippen LogP contribution in [0.5, 0.6) is 0 Å². The number of halogens is 2. The molecule has 0 saturated heterocycles. The second kappa shape index (κ2) is 6.06. The van der Waals surface area contributed by atoms with E-state index in [1.165, 1.54) is 10.7 Å². The van der Waals surface area contributed by atoms with Crippen LogP contribution in [-0.4, -0.2) is 22.0 Å². The number of carbonyl (C=O) groups excluding carboxylic acids is 2. The van der Waals surface area contributed by atoms with Crippen molar-refractivity contribution in [3.8, 4) is 0 Å². The van der Waals surface area contributed by atoms with E-state index in [0.717, 1.165) is 54.5 Å². The molecule has 6 heteroatoms. The quantitative estimate of drug-likeness (QED) is 0.781. The number of benzene rings is 1. The lowest BCUT2D eigenvalue weighted by atomic mass is 9.87. The molecule has 1 saturated carbocycles. The third kappa shape index (κ3) is 2.71. The van der Waals surface area contributed by atoms with Crippen molar-refractivity contribution in [3.05, 3.63) is 51.1 Å². The Bertz CT molecular complexity index is 886. The molecule has 1 heterocycles. The topological polar surface area (TPSA) is 52.0 Å². The first kappa shape index (κ1) is 16.5. The van der Waals surface area contributed by atoms with Crippen LogP contribution in [-0.2, 0) is 17.6 Å². The van der Waals surface area contributed by atoms with Crippen LogP contribution >= 0.6 is 11.6 Å². The fourth-order valence-corrected chi connectivity index (χ4v) is 3.98. The molecule has 0 aliphatic heterocycles. The number of rotatable bonds is 3. The van der Waals surface area contributed by atoms with Gasteiger partial charge < -0.3 is 4.79 Å². The van der Waals surface area contributed by atoms with Crippen molar-refractivity contribution in [3.63, 3.8) is 0 Å². The zero-order valence-electron chi connectivity index (χ0n) is 13.9. The van der Waals surface area contributed by atoms with Crippen molar-refractivity contribution < 1.29 is 14.0 Å². The molecule has 1 fully saturated rings. The molecule has 0 amide bonds. The van der Waals surface area contributed by atoms with Crippen molar-refractivity contribution in [2.24, 2.45) is 5.92 Å². The van der Waals surface area contributed by atoms with Crippen LogP contribution in [0.2, 0.25) is 5.02 Å². The van der Waals surface area contributed by atoms with E-state index in [4.69, 9.17) is 11.6 Å². The smallest absolute Gasteiger partial charge is 0.280 e. The maximum atomic E-state index is 14.0. The summed E-state index contributed by atoms with van der Waals surface area (Å²) in [6.45, 7) is 1.86. The fourth-order valence-electron chi connectivity index (χ4n) is 3.73. The Morgan fingerprint density at radius 1 is 1.36 bits per heavy atom. The Morgan fingerprint density at radius 3 is 2.80 bits per heavy atom. The van der Waals surface area contributed by atoms with Crippen LogP contribution in [0.15, 0.2) is 12.1 Å². The number of hydrogen-bond donors (Lipinski definition) is 0. The number of nitrogens with zero attached hydrogens (tertiary/aromatic N) is 2. The molecule has 0 bridgehead atoms. The van der Waals surface area contributed by atoms with E-state index >= 15 is 0 Å². The first-order valence-electron chi connectivity index (χ1n) is 8.56. The van der Waals surface area contributed by atoms with E-state index in [1.807, 2.05) is 6.92 Å². The molecule has 0 spiro atoms. The van der Waals surface area contributed by atoms with E-state index in [9.17, 15) is 14.0 Å². The van der Waals surface area contributed by atoms with Crippen molar-refractivity contribution in [2.45, 2.75) is 44.9 Å². The first-order valence-corrected chi connectivity index (χ1v) is 8.94. The molecule has 4 rings (SSSR count). The minimum Gasteiger partial charge on any atom is -0.303 e. The Balaban J connectivity index is 1.83. The second-order valence-electron chi connectivity index (χ2n) is 6.97. The standard InChI is InChI=1S/C19H18ClFN2O2/c1-10-13-5-2-11(9-24)8-16(13)23(22-10)19(25)17-14(12-3-4-12)6-7-15(21)18(17)20/h6-7,9,11-12H,2-5,8H2,1H3. The number of carbonyl (C=O) groups is 2. The summed E-state index contributed by atoms with van der Waals surface area (Å²) in [5.41, 5.74) is 3.57. The van der Waals surface area contributed by atoms with Gasteiger partial charge in [-0.2, -0.15) is 5.10 Å². The highest BCUT2D eigenvalue weighted by molar-refractivity contribution is 6.34. The molecular weight excluding hydrogens is 343 g/mol. The van der Waals surface area contributed by atoms with Gasteiger partial charge in [-0.05, 0) is 62.1 Å². The normalized spacial score (nSPS) is 19.6. The molecule has 1 atom stereocenters. The summed E-state index contributed by atoms with van der Waals surface area (Å²) in [5.74, 6) is -0.853. The molecular formula is C19H18ClFN2O2. The summed E-state index contributed by atoms with van der Waals surface area (Å²) in [7, 11) is 0. The third-order valence-corrected chi connectivity index (χ3v) is 5.62. The van der Waals surface area contributed by atoms with E-state index in [-0.39, 0.29) is 22.4 Å². The van der Waals surface area contributed by atoms with Crippen LogP contribution in [0.3, 0.4) is 0 Å². The van der Waals surface area contributed by atoms with Gasteiger partial charge in [0.2, 0.25) is 0 Å². The monoisotopic (exact) mass is 360 g/mol. The van der Waals surface area contributed by atoms with Crippen LogP contribution in [0.1, 0.15) is 58.1 Å². The molecule has 2 aromatic rings. The molecule has 1 unspecified atom stereocenters. The van der Waals surface area contributed by atoms with E-state index in [2.05, 4.69) is 5.10 Å². The van der Waals surface area contributed by atoms with E-state index in [0.29, 0.717) is 6.42 Å². The predicted molar refractivity (Wildman–Crippen MR) is 91.7 cm³/mol. The van der Waals surface area contributed by atoms with Crippen molar-refractivity contribution in [2.75, 3.05) is 0 Å². The first-order chi connectivity index (χ1) is 12.0. The lowest BCUT2D eigenvalue weighted by molar-refractivity contribution is -0.111. The SMILES string of the molecule is Cc1nn(C(=O)c2c(C3CC3)ccc(F)c2Cl)c2c1CCC(C=O)C2. The van der Waals surface area contributed by atoms with Crippen molar-refractivity contribution >= 4 is 23.8 Å². The summed E-state index contributed by atoms with van der Waals surface area (Å²) in [6, 6.07) is 2.97. The predicted octanol–water partition coefficient (Wildman–Crippen LogP) is 3.85. The van der Waals surface area contributed by atoms with Crippen molar-refractivity contribution in [1.29, 1.82) is 0 Å². The molecule has 25 heavy (non-hydrogen) atoms. The molecule has 0 radical (unpaired) electrons. The van der Waals surface area contributed by atoms with Gasteiger partial charge in [0.05, 0.1) is 22.0 Å². The highest BCUT2D eigenvalue weighted by Crippen LogP contribution is 2.44. The van der Waals surface area contributed by atoms with Gasteiger partial charge in [-0.15, -0.1) is 0 Å². The zero-order valence-corrected chi connectivity index (χ0v) is 14.6. The number of aryl methyl sites for hydroxylation is 1. The van der Waals surface area contributed by atoms with Gasteiger partial charge in [-0.3, -0.25) is 4.79 Å². The molecule has 1 aromatic carbocycles. The lowest BCUT2D eigenvalue weighted by Crippen LogP contribution is -2.23. The maximum Gasteiger partial charge on any atom is 0.280 e. The lowest BCUT2D eigenvalue weighted by Gasteiger charge is -2.19. The molecule has 1 aromatic heterocycles. The summed E-state index contributed by atoms with van der Waals surface area (Å²) < 4.78 is 15.4. The number of aldehydes is 1. The van der Waals surface area contributed by atoms with Gasteiger partial charge in [0.15, 0.2) is 0 Å². The molecule has 130 valence electrons. The molecule has 2 aliphatic rings. The van der Waals surface area contributed by atoms with Crippen LogP contribution < -0.4 is 0 Å². The van der Waals surface area contributed by atoms with E-state index < -0.39 is 11.7 Å². The minimum atomic E-state index is -0.599. The van der Waals surface area contributed by atoms with Crippen LogP contribution in [0.25, 0.3) is 0 Å². The Hall–Kier alpha value is -2.01. The highest BCUT2D eigenvalue weighted by Gasteiger charge is 2.33. The van der Waals surface area contributed by atoms with Gasteiger partial charge >= 0.3 is 0 Å². The Kier molecular flexibility index (Phi) is 3.99. The highest BCUT2D eigenvalue weighted by atomic mass is 35.5. The zero-order chi connectivity index (χ0) is 17.7. The van der Waals surface area contributed by atoms with Gasteiger partial charge in [-0.1, -0.05) is 17.7 Å². The Labute approximate surface area is 150 Å². The number of hydrogen-bond acceptors (Lipinski definition) is 3. The third-order valence-electron chi connectivity index (χ3n) is 5.25. The molecule has 4 nitrogen and oxygen atoms in total. The minimum absolute atomic E-state index is 0.110. The average Bonchev–Trinajstić information content (AvgIpc) is 3.40. The molecule has 2 aliphatic carbocycles. The summed E-state index contributed by atoms with van der Waals surface area (Å²) in [5, 5.41) is 4.26. The Morgan fingerprint density at radius 2 is 2.12 bits per heavy atom. The average molecular weight is 361 g/mol. The molecule has 0 N–H and O–H groups in total. The maximum absolute atomic E-state index is 14.0. The number of fused-ring (bicyclic) bond motifs is 1. The second-order valence-corrected chi connectivity index (χ2v) is 7.34. The van der Waals surface area contributed by atoms with E-state index in [1.54, 1.807) is 6.07 Å². The summed E-state index contributed by atoms with van der Waals surface area (Å²) in [6.07, 6.45) is 4.87. The van der Waals surface area contributed by atoms with Gasteiger partial charge in [0.25, 0.3) is 5.91 Å². The van der Waals surface area contributed by atoms with Crippen molar-refractivity contribution in [1.82, 2.24) is 9.78 Å². The van der Waals surface area contributed by atoms with Gasteiger partial charge in [0.1, 0.15) is 12.1 Å². The van der Waals surface area contributed by atoms with Crippen LogP contribution in [0.4, 0.5) is 4.39 Å². The summed E-state index contributed by atoms with van der Waals surface area (Å²) in [4.78, 5) is 24.4. The van der Waals surface area contributed by atoms with Gasteiger partial charge in [0, 0.05) is 5.92 Å². The summed E-state index contributed by atoms with van der Waals surface area (Å²) >= 11 is 6.17. The van der Waals surface area contributed by atoms with Crippen LogP contribution in [0, 0.1) is 18.7 Å². The largest absolute Gasteiger partial charge is 0.303 e. The number of aromatic nitrogens is 2. The van der Waals surface area contributed by atoms with Gasteiger partial charge in [-0.25, -0.2) is 9.07 Å².